The number of nitrogens with one attached hydrogen (secondary N) is 1. The molecule has 1 amide bonds. The van der Waals surface area contributed by atoms with Crippen LogP contribution in [0.3, 0.4) is 0 Å². The van der Waals surface area contributed by atoms with Crippen LogP contribution in [0.25, 0.3) is 21.2 Å². The van der Waals surface area contributed by atoms with E-state index in [1.807, 2.05) is 36.4 Å². The van der Waals surface area contributed by atoms with Gasteiger partial charge in [0.1, 0.15) is 11.5 Å². The molecule has 0 fully saturated rings. The van der Waals surface area contributed by atoms with Gasteiger partial charge in [0.05, 0.1) is 18.8 Å². The molecule has 2 N–H and O–H groups in total. The molecular formula is C29H29NO5S. The molecule has 7 heteroatoms. The number of fused-ring (bicyclic) bond motifs is 1. The molecule has 1 heterocycles. The van der Waals surface area contributed by atoms with Crippen molar-refractivity contribution in [1.82, 2.24) is 5.32 Å². The largest absolute Gasteiger partial charge is 0.494 e. The maximum absolute atomic E-state index is 11.4. The molecule has 0 unspecified atom stereocenters. The second-order valence-corrected chi connectivity index (χ2v) is 9.35. The fraction of sp³-hybridized carbons (Fsp3) is 0.241. The Balaban J connectivity index is 1.29. The number of carbonyl (C=O) groups excluding carboxylic acids is 1. The molecule has 0 aliphatic rings. The van der Waals surface area contributed by atoms with Crippen LogP contribution in [0.15, 0.2) is 72.1 Å². The van der Waals surface area contributed by atoms with Crippen molar-refractivity contribution >= 4 is 33.3 Å². The van der Waals surface area contributed by atoms with Gasteiger partial charge in [-0.3, -0.25) is 4.79 Å². The van der Waals surface area contributed by atoms with Gasteiger partial charge in [0.25, 0.3) is 0 Å². The fourth-order valence-corrected chi connectivity index (χ4v) is 4.90. The quantitative estimate of drug-likeness (QED) is 0.225. The molecule has 6 nitrogen and oxygen atoms in total. The van der Waals surface area contributed by atoms with Gasteiger partial charge in [0.2, 0.25) is 5.91 Å². The summed E-state index contributed by atoms with van der Waals surface area (Å²) in [4.78, 5) is 22.6. The van der Waals surface area contributed by atoms with E-state index in [4.69, 9.17) is 9.47 Å². The Kier molecular flexibility index (Phi) is 8.57. The summed E-state index contributed by atoms with van der Waals surface area (Å²) in [5, 5.41) is 15.5. The smallest absolute Gasteiger partial charge is 0.335 e. The number of hydrogen-bond acceptors (Lipinski definition) is 5. The van der Waals surface area contributed by atoms with E-state index in [0.29, 0.717) is 25.5 Å². The van der Waals surface area contributed by atoms with Crippen LogP contribution in [0.4, 0.5) is 0 Å². The summed E-state index contributed by atoms with van der Waals surface area (Å²) in [5.41, 5.74) is 3.26. The van der Waals surface area contributed by atoms with Gasteiger partial charge in [0.15, 0.2) is 0 Å². The first-order valence-corrected chi connectivity index (χ1v) is 12.8. The summed E-state index contributed by atoms with van der Waals surface area (Å²) >= 11 is 1.69. The van der Waals surface area contributed by atoms with Gasteiger partial charge >= 0.3 is 5.97 Å². The Morgan fingerprint density at radius 3 is 2.47 bits per heavy atom. The van der Waals surface area contributed by atoms with Crippen molar-refractivity contribution in [2.24, 2.45) is 0 Å². The number of unbranched alkanes of at least 4 members (excludes halogenated alkanes) is 1. The van der Waals surface area contributed by atoms with Crippen molar-refractivity contribution in [3.05, 3.63) is 83.2 Å². The van der Waals surface area contributed by atoms with E-state index >= 15 is 0 Å². The fourth-order valence-electron chi connectivity index (χ4n) is 3.92. The molecule has 3 aromatic carbocycles. The summed E-state index contributed by atoms with van der Waals surface area (Å²) in [6.07, 6.45) is 2.36. The second kappa shape index (κ2) is 12.2. The number of benzene rings is 3. The molecule has 0 aliphatic heterocycles. The number of carboxylic acids is 1. The third-order valence-corrected chi connectivity index (χ3v) is 6.78. The normalized spacial score (nSPS) is 10.8. The number of hydrogen-bond donors (Lipinski definition) is 2. The zero-order chi connectivity index (χ0) is 25.3. The van der Waals surface area contributed by atoms with Gasteiger partial charge in [-0.15, -0.1) is 11.3 Å². The predicted octanol–water partition coefficient (Wildman–Crippen LogP) is 6.18. The number of carbonyl (C=O) groups is 2. The van der Waals surface area contributed by atoms with Crippen LogP contribution >= 0.6 is 11.3 Å². The van der Waals surface area contributed by atoms with Crippen molar-refractivity contribution in [1.29, 1.82) is 0 Å². The van der Waals surface area contributed by atoms with E-state index in [1.54, 1.807) is 29.5 Å². The minimum atomic E-state index is -0.978. The van der Waals surface area contributed by atoms with E-state index in [2.05, 4.69) is 22.8 Å². The highest BCUT2D eigenvalue weighted by Crippen LogP contribution is 2.32. The van der Waals surface area contributed by atoms with Crippen LogP contribution in [0, 0.1) is 0 Å². The summed E-state index contributed by atoms with van der Waals surface area (Å²) < 4.78 is 13.2. The third kappa shape index (κ3) is 6.64. The Bertz CT molecular complexity index is 1330. The average Bonchev–Trinajstić information content (AvgIpc) is 3.28. The topological polar surface area (TPSA) is 84.9 Å². The van der Waals surface area contributed by atoms with Crippen LogP contribution in [-0.4, -0.2) is 36.7 Å². The molecule has 4 aromatic rings. The van der Waals surface area contributed by atoms with Crippen molar-refractivity contribution in [3.8, 4) is 22.6 Å². The van der Waals surface area contributed by atoms with Crippen molar-refractivity contribution in [2.75, 3.05) is 19.8 Å². The Morgan fingerprint density at radius 1 is 0.944 bits per heavy atom. The summed E-state index contributed by atoms with van der Waals surface area (Å²) in [6.45, 7) is 3.16. The van der Waals surface area contributed by atoms with Crippen molar-refractivity contribution < 1.29 is 24.2 Å². The lowest BCUT2D eigenvalue weighted by Gasteiger charge is -2.13. The minimum Gasteiger partial charge on any atom is -0.494 e. The molecule has 186 valence electrons. The number of aromatic carboxylic acids is 1. The number of thiophene rings is 1. The summed E-state index contributed by atoms with van der Waals surface area (Å²) in [7, 11) is 0. The zero-order valence-corrected chi connectivity index (χ0v) is 21.0. The lowest BCUT2D eigenvalue weighted by atomic mass is 10.0. The first kappa shape index (κ1) is 25.3. The lowest BCUT2D eigenvalue weighted by Crippen LogP contribution is -2.22. The van der Waals surface area contributed by atoms with Crippen LogP contribution in [-0.2, 0) is 11.2 Å². The van der Waals surface area contributed by atoms with Crippen LogP contribution in [0.5, 0.6) is 11.5 Å². The van der Waals surface area contributed by atoms with E-state index in [1.165, 1.54) is 17.2 Å². The van der Waals surface area contributed by atoms with E-state index in [9.17, 15) is 14.7 Å². The molecule has 36 heavy (non-hydrogen) atoms. The monoisotopic (exact) mass is 503 g/mol. The van der Waals surface area contributed by atoms with Gasteiger partial charge in [-0.2, -0.15) is 0 Å². The number of rotatable bonds is 12. The van der Waals surface area contributed by atoms with Gasteiger partial charge in [-0.1, -0.05) is 30.3 Å². The Hall–Kier alpha value is -3.84. The first-order chi connectivity index (χ1) is 17.5. The third-order valence-electron chi connectivity index (χ3n) is 5.77. The average molecular weight is 504 g/mol. The highest BCUT2D eigenvalue weighted by Gasteiger charge is 2.11. The molecule has 0 spiro atoms. The Labute approximate surface area is 214 Å². The summed E-state index contributed by atoms with van der Waals surface area (Å²) in [5.74, 6) is 0.391. The molecule has 4 rings (SSSR count). The second-order valence-electron chi connectivity index (χ2n) is 8.44. The molecule has 0 radical (unpaired) electrons. The molecular weight excluding hydrogens is 474 g/mol. The lowest BCUT2D eigenvalue weighted by molar-refractivity contribution is -0.118. The van der Waals surface area contributed by atoms with Crippen molar-refractivity contribution in [2.45, 2.75) is 26.2 Å². The molecule has 1 aromatic heterocycles. The first-order valence-electron chi connectivity index (χ1n) is 11.9. The minimum absolute atomic E-state index is 0.0200. The molecule has 0 saturated carbocycles. The maximum atomic E-state index is 11.4. The van der Waals surface area contributed by atoms with Crippen LogP contribution in [0.2, 0.25) is 0 Å². The zero-order valence-electron chi connectivity index (χ0n) is 20.2. The highest BCUT2D eigenvalue weighted by atomic mass is 32.1. The van der Waals surface area contributed by atoms with Gasteiger partial charge in [-0.25, -0.2) is 4.79 Å². The SMILES string of the molecule is CC(=O)NCCc1csc2ccc(OCCCCOc3cc(C(=O)O)ccc3-c3ccccc3)cc12. The molecule has 0 saturated heterocycles. The maximum Gasteiger partial charge on any atom is 0.335 e. The van der Waals surface area contributed by atoms with Gasteiger partial charge in [0, 0.05) is 23.7 Å². The highest BCUT2D eigenvalue weighted by molar-refractivity contribution is 7.17. The number of amides is 1. The van der Waals surface area contributed by atoms with E-state index < -0.39 is 5.97 Å². The van der Waals surface area contributed by atoms with E-state index in [0.717, 1.165) is 41.5 Å². The Morgan fingerprint density at radius 2 is 1.72 bits per heavy atom. The van der Waals surface area contributed by atoms with Crippen LogP contribution in [0.1, 0.15) is 35.7 Å². The summed E-state index contributed by atoms with van der Waals surface area (Å²) in [6, 6.07) is 20.9. The van der Waals surface area contributed by atoms with Crippen molar-refractivity contribution in [3.63, 3.8) is 0 Å². The standard InChI is InChI=1S/C29H29NO5S/c1-20(31)30-14-13-23-19-36-28-12-10-24(18-26(23)28)34-15-5-6-16-35-27-17-22(29(32)33)9-11-25(27)21-7-3-2-4-8-21/h2-4,7-12,17-19H,5-6,13-16H2,1H3,(H,30,31)(H,32,33). The number of carboxylic acid groups (broad SMARTS) is 1. The number of ether oxygens (including phenoxy) is 2. The predicted molar refractivity (Wildman–Crippen MR) is 143 cm³/mol. The van der Waals surface area contributed by atoms with Gasteiger partial charge in [-0.05, 0) is 77.6 Å². The molecule has 0 bridgehead atoms. The molecule has 0 atom stereocenters. The van der Waals surface area contributed by atoms with Gasteiger partial charge < -0.3 is 19.9 Å². The van der Waals surface area contributed by atoms with E-state index in [-0.39, 0.29) is 11.5 Å². The molecule has 0 aliphatic carbocycles. The van der Waals surface area contributed by atoms with Crippen LogP contribution < -0.4 is 14.8 Å².